The first-order valence-electron chi connectivity index (χ1n) is 9.20. The summed E-state index contributed by atoms with van der Waals surface area (Å²) in [6.07, 6.45) is 4.26. The molecule has 2 amide bonds. The van der Waals surface area contributed by atoms with Gasteiger partial charge in [0.2, 0.25) is 0 Å². The predicted octanol–water partition coefficient (Wildman–Crippen LogP) is 4.38. The minimum Gasteiger partial charge on any atom is -0.465 e. The van der Waals surface area contributed by atoms with Gasteiger partial charge >= 0.3 is 6.09 Å². The Labute approximate surface area is 162 Å². The molecular weight excluding hydrogens is 375 g/mol. The summed E-state index contributed by atoms with van der Waals surface area (Å²) in [6, 6.07) is 5.17. The van der Waals surface area contributed by atoms with Crippen molar-refractivity contribution in [3.63, 3.8) is 0 Å². The molecular formula is C19H22Cl2N2O3. The molecule has 0 bridgehead atoms. The van der Waals surface area contributed by atoms with Crippen molar-refractivity contribution in [2.24, 2.45) is 11.8 Å². The van der Waals surface area contributed by atoms with Crippen LogP contribution in [0.1, 0.15) is 42.5 Å². The van der Waals surface area contributed by atoms with Gasteiger partial charge in [0.1, 0.15) is 0 Å². The highest BCUT2D eigenvalue weighted by Gasteiger charge is 2.46. The van der Waals surface area contributed by atoms with E-state index in [4.69, 9.17) is 23.2 Å². The minimum absolute atomic E-state index is 0.101. The van der Waals surface area contributed by atoms with Crippen LogP contribution in [-0.4, -0.2) is 52.1 Å². The Morgan fingerprint density at radius 1 is 1.08 bits per heavy atom. The molecule has 26 heavy (non-hydrogen) atoms. The number of carbonyl (C=O) groups excluding carboxylic acids is 1. The van der Waals surface area contributed by atoms with E-state index < -0.39 is 6.09 Å². The van der Waals surface area contributed by atoms with Crippen LogP contribution in [0.2, 0.25) is 10.0 Å². The van der Waals surface area contributed by atoms with Crippen LogP contribution in [0.4, 0.5) is 4.79 Å². The monoisotopic (exact) mass is 396 g/mol. The zero-order valence-electron chi connectivity index (χ0n) is 14.4. The van der Waals surface area contributed by atoms with Gasteiger partial charge in [-0.05, 0) is 56.1 Å². The topological polar surface area (TPSA) is 60.9 Å². The number of halogens is 2. The highest BCUT2D eigenvalue weighted by atomic mass is 35.5. The Morgan fingerprint density at radius 3 is 2.35 bits per heavy atom. The lowest BCUT2D eigenvalue weighted by Gasteiger charge is -2.35. The number of carbonyl (C=O) groups is 2. The zero-order chi connectivity index (χ0) is 18.4. The SMILES string of the molecule is O=C(O)N1CC[C@@H](N(C(=O)c2cccc(Cl)c2Cl)C2C[C@H]3CC[C@H]3C2)C1. The molecule has 0 spiro atoms. The van der Waals surface area contributed by atoms with Crippen molar-refractivity contribution in [2.45, 2.75) is 44.2 Å². The van der Waals surface area contributed by atoms with Gasteiger partial charge < -0.3 is 14.9 Å². The molecule has 5 nitrogen and oxygen atoms in total. The lowest BCUT2D eigenvalue weighted by atomic mass is 9.77. The Morgan fingerprint density at radius 2 is 1.77 bits per heavy atom. The van der Waals surface area contributed by atoms with Gasteiger partial charge in [0.15, 0.2) is 0 Å². The average Bonchev–Trinajstić information content (AvgIpc) is 3.17. The summed E-state index contributed by atoms with van der Waals surface area (Å²) in [7, 11) is 0. The van der Waals surface area contributed by atoms with Crippen LogP contribution >= 0.6 is 23.2 Å². The van der Waals surface area contributed by atoms with Crippen molar-refractivity contribution in [2.75, 3.05) is 13.1 Å². The number of benzene rings is 1. The quantitative estimate of drug-likeness (QED) is 0.824. The molecule has 1 unspecified atom stereocenters. The third kappa shape index (κ3) is 3.05. The van der Waals surface area contributed by atoms with Crippen LogP contribution in [0.15, 0.2) is 18.2 Å². The third-order valence-corrected chi connectivity index (χ3v) is 7.18. The van der Waals surface area contributed by atoms with Crippen molar-refractivity contribution in [1.82, 2.24) is 9.80 Å². The van der Waals surface area contributed by atoms with Crippen molar-refractivity contribution in [1.29, 1.82) is 0 Å². The van der Waals surface area contributed by atoms with Gasteiger partial charge in [-0.15, -0.1) is 0 Å². The normalized spacial score (nSPS) is 30.0. The molecule has 0 aromatic heterocycles. The number of rotatable bonds is 3. The molecule has 1 heterocycles. The van der Waals surface area contributed by atoms with E-state index in [-0.39, 0.29) is 23.0 Å². The average molecular weight is 397 g/mol. The van der Waals surface area contributed by atoms with E-state index in [0.29, 0.717) is 41.9 Å². The minimum atomic E-state index is -0.924. The fourth-order valence-corrected chi connectivity index (χ4v) is 5.24. The van der Waals surface area contributed by atoms with E-state index in [1.165, 1.54) is 17.7 Å². The summed E-state index contributed by atoms with van der Waals surface area (Å²) in [6.45, 7) is 0.831. The van der Waals surface area contributed by atoms with E-state index in [0.717, 1.165) is 12.8 Å². The van der Waals surface area contributed by atoms with Crippen LogP contribution in [0.3, 0.4) is 0 Å². The first-order chi connectivity index (χ1) is 12.5. The molecule has 1 N–H and O–H groups in total. The summed E-state index contributed by atoms with van der Waals surface area (Å²) in [5.41, 5.74) is 0.409. The summed E-state index contributed by atoms with van der Waals surface area (Å²) in [5.74, 6) is 1.30. The molecule has 2 aliphatic carbocycles. The smallest absolute Gasteiger partial charge is 0.407 e. The van der Waals surface area contributed by atoms with Crippen LogP contribution in [0.5, 0.6) is 0 Å². The Balaban J connectivity index is 1.63. The molecule has 1 aromatic carbocycles. The van der Waals surface area contributed by atoms with Crippen LogP contribution < -0.4 is 0 Å². The second-order valence-electron chi connectivity index (χ2n) is 7.71. The molecule has 2 saturated carbocycles. The summed E-state index contributed by atoms with van der Waals surface area (Å²) in [5, 5.41) is 9.93. The number of nitrogens with zero attached hydrogens (tertiary/aromatic N) is 2. The highest BCUT2D eigenvalue weighted by molar-refractivity contribution is 6.43. The van der Waals surface area contributed by atoms with Crippen molar-refractivity contribution >= 4 is 35.2 Å². The first-order valence-corrected chi connectivity index (χ1v) is 9.96. The maximum absolute atomic E-state index is 13.4. The fourth-order valence-electron chi connectivity index (χ4n) is 4.86. The summed E-state index contributed by atoms with van der Waals surface area (Å²) < 4.78 is 0. The predicted molar refractivity (Wildman–Crippen MR) is 99.9 cm³/mol. The Kier molecular flexibility index (Phi) is 4.78. The summed E-state index contributed by atoms with van der Waals surface area (Å²) >= 11 is 12.4. The number of fused-ring (bicyclic) bond motifs is 1. The molecule has 3 aliphatic rings. The maximum atomic E-state index is 13.4. The number of amides is 2. The van der Waals surface area contributed by atoms with Crippen molar-refractivity contribution in [3.05, 3.63) is 33.8 Å². The van der Waals surface area contributed by atoms with Crippen LogP contribution in [0.25, 0.3) is 0 Å². The number of likely N-dealkylation sites (tertiary alicyclic amines) is 1. The van der Waals surface area contributed by atoms with Gasteiger partial charge in [0.25, 0.3) is 5.91 Å². The van der Waals surface area contributed by atoms with E-state index >= 15 is 0 Å². The van der Waals surface area contributed by atoms with Gasteiger partial charge in [-0.25, -0.2) is 4.79 Å². The maximum Gasteiger partial charge on any atom is 0.407 e. The van der Waals surface area contributed by atoms with Crippen molar-refractivity contribution < 1.29 is 14.7 Å². The van der Waals surface area contributed by atoms with E-state index in [2.05, 4.69) is 0 Å². The Bertz CT molecular complexity index is 729. The molecule has 1 aromatic rings. The van der Waals surface area contributed by atoms with Gasteiger partial charge in [-0.3, -0.25) is 4.79 Å². The van der Waals surface area contributed by atoms with Crippen LogP contribution in [0, 0.1) is 11.8 Å². The van der Waals surface area contributed by atoms with Gasteiger partial charge in [-0.2, -0.15) is 0 Å². The largest absolute Gasteiger partial charge is 0.465 e. The second kappa shape index (κ2) is 6.93. The molecule has 140 valence electrons. The lowest BCUT2D eigenvalue weighted by molar-refractivity contribution is 0.0575. The molecule has 7 heteroatoms. The first kappa shape index (κ1) is 17.9. The molecule has 3 fully saturated rings. The summed E-state index contributed by atoms with van der Waals surface area (Å²) in [4.78, 5) is 28.1. The van der Waals surface area contributed by atoms with Crippen molar-refractivity contribution in [3.8, 4) is 0 Å². The molecule has 1 aliphatic heterocycles. The second-order valence-corrected chi connectivity index (χ2v) is 8.49. The zero-order valence-corrected chi connectivity index (χ0v) is 15.9. The van der Waals surface area contributed by atoms with Gasteiger partial charge in [0, 0.05) is 19.1 Å². The van der Waals surface area contributed by atoms with E-state index in [1.54, 1.807) is 18.2 Å². The molecule has 4 rings (SSSR count). The van der Waals surface area contributed by atoms with E-state index in [1.807, 2.05) is 4.90 Å². The lowest BCUT2D eigenvalue weighted by Crippen LogP contribution is -2.48. The number of hydrogen-bond acceptors (Lipinski definition) is 2. The van der Waals surface area contributed by atoms with E-state index in [9.17, 15) is 14.7 Å². The standard InChI is InChI=1S/C19H22Cl2N2O3/c20-16-3-1-2-15(17(16)21)18(24)23(13-6-7-22(10-13)19(25)26)14-8-11-4-5-12(11)9-14/h1-3,11-14H,4-10H2,(H,25,26)/t11-,12+,13-,14?/m1/s1. The van der Waals surface area contributed by atoms with Gasteiger partial charge in [0.05, 0.1) is 21.7 Å². The third-order valence-electron chi connectivity index (χ3n) is 6.36. The number of carboxylic acid groups (broad SMARTS) is 1. The van der Waals surface area contributed by atoms with Gasteiger partial charge in [-0.1, -0.05) is 29.3 Å². The Hall–Kier alpha value is -1.46. The molecule has 0 radical (unpaired) electrons. The fraction of sp³-hybridized carbons (Fsp3) is 0.579. The highest BCUT2D eigenvalue weighted by Crippen LogP contribution is 2.49. The molecule has 1 saturated heterocycles. The molecule has 4 atom stereocenters. The number of hydrogen-bond donors (Lipinski definition) is 1. The van der Waals surface area contributed by atoms with Crippen LogP contribution in [-0.2, 0) is 0 Å².